The summed E-state index contributed by atoms with van der Waals surface area (Å²) in [6, 6.07) is 16.2. The highest BCUT2D eigenvalue weighted by molar-refractivity contribution is 5.94. The zero-order chi connectivity index (χ0) is 21.6. The van der Waals surface area contributed by atoms with E-state index in [-0.39, 0.29) is 17.2 Å². The highest BCUT2D eigenvalue weighted by Gasteiger charge is 2.18. The first-order valence-electron chi connectivity index (χ1n) is 11.1. The second-order valence-electron chi connectivity index (χ2n) is 9.28. The molecule has 2 aromatic rings. The van der Waals surface area contributed by atoms with Gasteiger partial charge < -0.3 is 10.2 Å². The smallest absolute Gasteiger partial charge is 0.253 e. The summed E-state index contributed by atoms with van der Waals surface area (Å²) < 4.78 is 0. The van der Waals surface area contributed by atoms with Gasteiger partial charge in [0.2, 0.25) is 5.91 Å². The van der Waals surface area contributed by atoms with Crippen LogP contribution in [0.4, 0.5) is 0 Å². The lowest BCUT2D eigenvalue weighted by Gasteiger charge is -2.26. The molecule has 30 heavy (non-hydrogen) atoms. The second-order valence-corrected chi connectivity index (χ2v) is 9.28. The number of likely N-dealkylation sites (tertiary alicyclic amines) is 1. The highest BCUT2D eigenvalue weighted by Crippen LogP contribution is 2.22. The van der Waals surface area contributed by atoms with Crippen molar-refractivity contribution in [3.8, 4) is 0 Å². The molecule has 0 saturated carbocycles. The Kier molecular flexibility index (Phi) is 7.30. The summed E-state index contributed by atoms with van der Waals surface area (Å²) in [6.45, 7) is 8.73. The van der Waals surface area contributed by atoms with Crippen LogP contribution in [0, 0.1) is 0 Å². The van der Waals surface area contributed by atoms with Crippen LogP contribution in [0.15, 0.2) is 48.5 Å². The van der Waals surface area contributed by atoms with E-state index in [1.165, 1.54) is 17.5 Å². The minimum absolute atomic E-state index is 0.0302. The lowest BCUT2D eigenvalue weighted by molar-refractivity contribution is -0.121. The molecule has 0 unspecified atom stereocenters. The Balaban J connectivity index is 1.48. The van der Waals surface area contributed by atoms with E-state index in [9.17, 15) is 9.59 Å². The largest absolute Gasteiger partial charge is 0.352 e. The van der Waals surface area contributed by atoms with Gasteiger partial charge in [-0.1, -0.05) is 57.2 Å². The van der Waals surface area contributed by atoms with E-state index in [2.05, 4.69) is 50.4 Å². The molecule has 4 heteroatoms. The van der Waals surface area contributed by atoms with Gasteiger partial charge in [-0.2, -0.15) is 0 Å². The molecule has 3 rings (SSSR count). The van der Waals surface area contributed by atoms with Gasteiger partial charge in [-0.25, -0.2) is 0 Å². The third kappa shape index (κ3) is 6.19. The molecule has 0 atom stereocenters. The van der Waals surface area contributed by atoms with Gasteiger partial charge in [0, 0.05) is 31.6 Å². The van der Waals surface area contributed by atoms with Crippen molar-refractivity contribution >= 4 is 11.8 Å². The van der Waals surface area contributed by atoms with Crippen LogP contribution >= 0.6 is 0 Å². The average Bonchev–Trinajstić information content (AvgIpc) is 2.76. The van der Waals surface area contributed by atoms with Crippen molar-refractivity contribution in [3.63, 3.8) is 0 Å². The standard InChI is InChI=1S/C26H34N2O2/c1-26(2,3)23-13-10-20(11-14-23)12-15-24(29)27-19-21-8-7-9-22(18-21)25(30)28-16-5-4-6-17-28/h7-11,13-14,18H,4-6,12,15-17,19H2,1-3H3,(H,27,29). The Morgan fingerprint density at radius 2 is 1.63 bits per heavy atom. The van der Waals surface area contributed by atoms with Gasteiger partial charge in [0.15, 0.2) is 0 Å². The SMILES string of the molecule is CC(C)(C)c1ccc(CCC(=O)NCc2cccc(C(=O)N3CCCCC3)c2)cc1. The van der Waals surface area contributed by atoms with E-state index in [0.29, 0.717) is 18.5 Å². The Morgan fingerprint density at radius 1 is 0.933 bits per heavy atom. The molecule has 1 fully saturated rings. The molecule has 1 saturated heterocycles. The molecule has 0 spiro atoms. The quantitative estimate of drug-likeness (QED) is 0.745. The molecule has 1 N–H and O–H groups in total. The van der Waals surface area contributed by atoms with Gasteiger partial charge in [-0.15, -0.1) is 0 Å². The molecule has 1 aliphatic rings. The zero-order valence-corrected chi connectivity index (χ0v) is 18.5. The Morgan fingerprint density at radius 3 is 2.30 bits per heavy atom. The van der Waals surface area contributed by atoms with Gasteiger partial charge in [0.25, 0.3) is 5.91 Å². The minimum atomic E-state index is 0.0302. The molecule has 0 radical (unpaired) electrons. The highest BCUT2D eigenvalue weighted by atomic mass is 16.2. The molecular formula is C26H34N2O2. The summed E-state index contributed by atoms with van der Waals surface area (Å²) in [7, 11) is 0. The van der Waals surface area contributed by atoms with Crippen LogP contribution < -0.4 is 5.32 Å². The number of amides is 2. The third-order valence-corrected chi connectivity index (χ3v) is 5.77. The summed E-state index contributed by atoms with van der Waals surface area (Å²) in [5.74, 6) is 0.129. The van der Waals surface area contributed by atoms with Gasteiger partial charge in [-0.3, -0.25) is 9.59 Å². The number of hydrogen-bond acceptors (Lipinski definition) is 2. The topological polar surface area (TPSA) is 49.4 Å². The molecule has 0 aromatic heterocycles. The maximum absolute atomic E-state index is 12.7. The van der Waals surface area contributed by atoms with Crippen molar-refractivity contribution in [2.24, 2.45) is 0 Å². The first-order valence-corrected chi connectivity index (χ1v) is 11.1. The van der Waals surface area contributed by atoms with Crippen LogP contribution in [0.1, 0.15) is 73.5 Å². The van der Waals surface area contributed by atoms with E-state index in [0.717, 1.165) is 37.9 Å². The van der Waals surface area contributed by atoms with Crippen molar-refractivity contribution in [2.45, 2.75) is 64.8 Å². The fraction of sp³-hybridized carbons (Fsp3) is 0.462. The number of carbonyl (C=O) groups is 2. The number of carbonyl (C=O) groups excluding carboxylic acids is 2. The number of aryl methyl sites for hydroxylation is 1. The van der Waals surface area contributed by atoms with E-state index in [4.69, 9.17) is 0 Å². The number of nitrogens with one attached hydrogen (secondary N) is 1. The van der Waals surface area contributed by atoms with Crippen LogP contribution in [0.5, 0.6) is 0 Å². The molecule has 2 amide bonds. The van der Waals surface area contributed by atoms with Crippen molar-refractivity contribution in [1.29, 1.82) is 0 Å². The molecule has 0 bridgehead atoms. The number of hydrogen-bond donors (Lipinski definition) is 1. The maximum atomic E-state index is 12.7. The molecule has 4 nitrogen and oxygen atoms in total. The summed E-state index contributed by atoms with van der Waals surface area (Å²) >= 11 is 0. The van der Waals surface area contributed by atoms with Crippen molar-refractivity contribution < 1.29 is 9.59 Å². The number of rotatable bonds is 6. The zero-order valence-electron chi connectivity index (χ0n) is 18.5. The number of nitrogens with zero attached hydrogens (tertiary/aromatic N) is 1. The number of benzene rings is 2. The Bertz CT molecular complexity index is 859. The van der Waals surface area contributed by atoms with Gasteiger partial charge in [-0.05, 0) is 59.9 Å². The minimum Gasteiger partial charge on any atom is -0.352 e. The first-order chi connectivity index (χ1) is 14.3. The molecule has 2 aromatic carbocycles. The lowest BCUT2D eigenvalue weighted by Crippen LogP contribution is -2.35. The third-order valence-electron chi connectivity index (χ3n) is 5.77. The van der Waals surface area contributed by atoms with Crippen molar-refractivity contribution in [3.05, 3.63) is 70.8 Å². The average molecular weight is 407 g/mol. The second kappa shape index (κ2) is 9.92. The molecule has 0 aliphatic carbocycles. The molecule has 160 valence electrons. The summed E-state index contributed by atoms with van der Waals surface area (Å²) in [5, 5.41) is 2.99. The summed E-state index contributed by atoms with van der Waals surface area (Å²) in [6.07, 6.45) is 4.56. The molecular weight excluding hydrogens is 372 g/mol. The van der Waals surface area contributed by atoms with Gasteiger partial charge in [0.05, 0.1) is 0 Å². The van der Waals surface area contributed by atoms with Crippen LogP contribution in [0.3, 0.4) is 0 Å². The van der Waals surface area contributed by atoms with E-state index < -0.39 is 0 Å². The van der Waals surface area contributed by atoms with E-state index >= 15 is 0 Å². The van der Waals surface area contributed by atoms with E-state index in [1.807, 2.05) is 29.2 Å². The molecule has 1 heterocycles. The summed E-state index contributed by atoms with van der Waals surface area (Å²) in [5.41, 5.74) is 4.28. The van der Waals surface area contributed by atoms with Crippen LogP contribution in [-0.4, -0.2) is 29.8 Å². The van der Waals surface area contributed by atoms with E-state index in [1.54, 1.807) is 0 Å². The fourth-order valence-corrected chi connectivity index (χ4v) is 3.81. The maximum Gasteiger partial charge on any atom is 0.253 e. The fourth-order valence-electron chi connectivity index (χ4n) is 3.81. The normalized spacial score (nSPS) is 14.4. The van der Waals surface area contributed by atoms with Crippen LogP contribution in [0.2, 0.25) is 0 Å². The Hall–Kier alpha value is -2.62. The monoisotopic (exact) mass is 406 g/mol. The number of piperidine rings is 1. The van der Waals surface area contributed by atoms with Crippen molar-refractivity contribution in [2.75, 3.05) is 13.1 Å². The first kappa shape index (κ1) is 22.1. The van der Waals surface area contributed by atoms with Crippen LogP contribution in [-0.2, 0) is 23.2 Å². The van der Waals surface area contributed by atoms with Gasteiger partial charge >= 0.3 is 0 Å². The molecule has 1 aliphatic heterocycles. The van der Waals surface area contributed by atoms with Crippen molar-refractivity contribution in [1.82, 2.24) is 10.2 Å². The predicted molar refractivity (Wildman–Crippen MR) is 122 cm³/mol. The van der Waals surface area contributed by atoms with Gasteiger partial charge in [0.1, 0.15) is 0 Å². The predicted octanol–water partition coefficient (Wildman–Crippen LogP) is 4.86. The van der Waals surface area contributed by atoms with Crippen LogP contribution in [0.25, 0.3) is 0 Å². The summed E-state index contributed by atoms with van der Waals surface area (Å²) in [4.78, 5) is 26.9. The lowest BCUT2D eigenvalue weighted by atomic mass is 9.86. The Labute approximate surface area is 180 Å².